The summed E-state index contributed by atoms with van der Waals surface area (Å²) >= 11 is 0. The van der Waals surface area contributed by atoms with Crippen LogP contribution in [0, 0.1) is 11.7 Å². The second-order valence-corrected chi connectivity index (χ2v) is 8.15. The van der Waals surface area contributed by atoms with Crippen molar-refractivity contribution in [3.63, 3.8) is 0 Å². The van der Waals surface area contributed by atoms with Crippen LogP contribution < -0.4 is 10.2 Å². The second kappa shape index (κ2) is 9.28. The molecule has 0 saturated carbocycles. The lowest BCUT2D eigenvalue weighted by atomic mass is 9.96. The molecule has 2 saturated heterocycles. The number of amides is 2. The van der Waals surface area contributed by atoms with E-state index in [0.29, 0.717) is 18.7 Å². The summed E-state index contributed by atoms with van der Waals surface area (Å²) in [6.07, 6.45) is 5.13. The molecule has 1 N–H and O–H groups in total. The predicted molar refractivity (Wildman–Crippen MR) is 116 cm³/mol. The van der Waals surface area contributed by atoms with Gasteiger partial charge in [0.05, 0.1) is 17.3 Å². The topological polar surface area (TPSA) is 52.7 Å². The molecular formula is C24H28FN3O2. The Morgan fingerprint density at radius 3 is 2.40 bits per heavy atom. The molecule has 2 aromatic rings. The molecule has 2 amide bonds. The van der Waals surface area contributed by atoms with Gasteiger partial charge >= 0.3 is 0 Å². The third-order valence-corrected chi connectivity index (χ3v) is 6.03. The molecule has 2 heterocycles. The lowest BCUT2D eigenvalue weighted by Gasteiger charge is -2.33. The maximum Gasteiger partial charge on any atom is 0.253 e. The molecule has 6 heteroatoms. The van der Waals surface area contributed by atoms with Gasteiger partial charge < -0.3 is 15.1 Å². The predicted octanol–water partition coefficient (Wildman–Crippen LogP) is 4.31. The molecule has 2 aromatic carbocycles. The molecule has 2 aliphatic heterocycles. The molecule has 0 bridgehead atoms. The molecule has 30 heavy (non-hydrogen) atoms. The molecule has 4 rings (SSSR count). The number of hydrogen-bond donors (Lipinski definition) is 1. The minimum atomic E-state index is -0.366. The zero-order valence-corrected chi connectivity index (χ0v) is 17.1. The molecule has 0 aliphatic carbocycles. The van der Waals surface area contributed by atoms with Gasteiger partial charge in [0.2, 0.25) is 5.91 Å². The van der Waals surface area contributed by atoms with Crippen molar-refractivity contribution < 1.29 is 14.0 Å². The van der Waals surface area contributed by atoms with Crippen LogP contribution in [0.4, 0.5) is 15.8 Å². The van der Waals surface area contributed by atoms with Gasteiger partial charge in [-0.3, -0.25) is 9.59 Å². The Kier molecular flexibility index (Phi) is 6.31. The van der Waals surface area contributed by atoms with E-state index >= 15 is 0 Å². The fourth-order valence-electron chi connectivity index (χ4n) is 4.38. The largest absolute Gasteiger partial charge is 0.370 e. The molecule has 1 atom stereocenters. The highest BCUT2D eigenvalue weighted by atomic mass is 19.1. The minimum absolute atomic E-state index is 0.0453. The first-order valence-corrected chi connectivity index (χ1v) is 10.8. The Hall–Kier alpha value is -2.89. The van der Waals surface area contributed by atoms with E-state index in [1.807, 2.05) is 18.2 Å². The fraction of sp³-hybridized carbons (Fsp3) is 0.417. The first-order chi connectivity index (χ1) is 14.6. The monoisotopic (exact) mass is 409 g/mol. The molecule has 0 spiro atoms. The number of likely N-dealkylation sites (tertiary alicyclic amines) is 1. The molecule has 0 aromatic heterocycles. The zero-order valence-electron chi connectivity index (χ0n) is 17.1. The van der Waals surface area contributed by atoms with Crippen molar-refractivity contribution in [1.82, 2.24) is 4.90 Å². The number of anilines is 2. The van der Waals surface area contributed by atoms with Crippen LogP contribution in [0.3, 0.4) is 0 Å². The van der Waals surface area contributed by atoms with Gasteiger partial charge in [0.15, 0.2) is 0 Å². The molecule has 1 unspecified atom stereocenters. The number of piperidine rings is 2. The van der Waals surface area contributed by atoms with Crippen molar-refractivity contribution in [2.24, 2.45) is 5.92 Å². The van der Waals surface area contributed by atoms with Gasteiger partial charge in [0.1, 0.15) is 5.82 Å². The maximum atomic E-state index is 13.2. The highest BCUT2D eigenvalue weighted by Gasteiger charge is 2.29. The van der Waals surface area contributed by atoms with E-state index in [1.54, 1.807) is 4.90 Å². The number of benzene rings is 2. The zero-order chi connectivity index (χ0) is 20.9. The van der Waals surface area contributed by atoms with E-state index < -0.39 is 0 Å². The van der Waals surface area contributed by atoms with E-state index in [1.165, 1.54) is 43.5 Å². The first kappa shape index (κ1) is 20.4. The van der Waals surface area contributed by atoms with Crippen molar-refractivity contribution in [3.8, 4) is 0 Å². The van der Waals surface area contributed by atoms with E-state index in [9.17, 15) is 14.0 Å². The fourth-order valence-corrected chi connectivity index (χ4v) is 4.38. The number of carbonyl (C=O) groups excluding carboxylic acids is 2. The SMILES string of the molecule is O=C(Nc1ccccc1N1CCCCC1)C1CCCN(C(=O)c2ccc(F)cc2)C1. The maximum absolute atomic E-state index is 13.2. The number of nitrogens with one attached hydrogen (secondary N) is 1. The summed E-state index contributed by atoms with van der Waals surface area (Å²) in [7, 11) is 0. The quantitative estimate of drug-likeness (QED) is 0.819. The molecule has 158 valence electrons. The van der Waals surface area contributed by atoms with Crippen LogP contribution in [0.2, 0.25) is 0 Å². The van der Waals surface area contributed by atoms with Gasteiger partial charge in [-0.1, -0.05) is 12.1 Å². The van der Waals surface area contributed by atoms with Crippen LogP contribution in [-0.2, 0) is 4.79 Å². The van der Waals surface area contributed by atoms with Gasteiger partial charge in [0.25, 0.3) is 5.91 Å². The summed E-state index contributed by atoms with van der Waals surface area (Å²) < 4.78 is 13.2. The van der Waals surface area contributed by atoms with Crippen molar-refractivity contribution in [1.29, 1.82) is 0 Å². The minimum Gasteiger partial charge on any atom is -0.370 e. The number of rotatable bonds is 4. The summed E-state index contributed by atoms with van der Waals surface area (Å²) in [6, 6.07) is 13.5. The second-order valence-electron chi connectivity index (χ2n) is 8.15. The van der Waals surface area contributed by atoms with Crippen molar-refractivity contribution in [3.05, 3.63) is 59.9 Å². The van der Waals surface area contributed by atoms with Crippen LogP contribution in [-0.4, -0.2) is 42.9 Å². The van der Waals surface area contributed by atoms with E-state index in [-0.39, 0.29) is 23.5 Å². The lowest BCUT2D eigenvalue weighted by Crippen LogP contribution is -2.44. The summed E-state index contributed by atoms with van der Waals surface area (Å²) in [6.45, 7) is 3.02. The summed E-state index contributed by atoms with van der Waals surface area (Å²) in [5.74, 6) is -0.815. The number of hydrogen-bond acceptors (Lipinski definition) is 3. The Labute approximate surface area is 176 Å². The average molecular weight is 410 g/mol. The number of halogens is 1. The Bertz CT molecular complexity index is 894. The smallest absolute Gasteiger partial charge is 0.253 e. The highest BCUT2D eigenvalue weighted by molar-refractivity contribution is 5.97. The van der Waals surface area contributed by atoms with E-state index in [4.69, 9.17) is 0 Å². The summed E-state index contributed by atoms with van der Waals surface area (Å²) in [5.41, 5.74) is 2.36. The van der Waals surface area contributed by atoms with E-state index in [2.05, 4.69) is 16.3 Å². The third kappa shape index (κ3) is 4.64. The Balaban J connectivity index is 1.43. The lowest BCUT2D eigenvalue weighted by molar-refractivity contribution is -0.121. The number of para-hydroxylation sites is 2. The van der Waals surface area contributed by atoms with Crippen LogP contribution >= 0.6 is 0 Å². The molecule has 0 radical (unpaired) electrons. The van der Waals surface area contributed by atoms with Gasteiger partial charge in [-0.2, -0.15) is 0 Å². The third-order valence-electron chi connectivity index (χ3n) is 6.03. The standard InChI is InChI=1S/C24H28FN3O2/c25-20-12-10-18(11-13-20)24(30)28-16-6-7-19(17-28)23(29)26-21-8-2-3-9-22(21)27-14-4-1-5-15-27/h2-3,8-13,19H,1,4-7,14-17H2,(H,26,29). The van der Waals surface area contributed by atoms with Gasteiger partial charge in [-0.05, 0) is 68.5 Å². The van der Waals surface area contributed by atoms with Gasteiger partial charge in [0, 0.05) is 31.7 Å². The Morgan fingerprint density at radius 1 is 0.900 bits per heavy atom. The van der Waals surface area contributed by atoms with Crippen LogP contribution in [0.25, 0.3) is 0 Å². The first-order valence-electron chi connectivity index (χ1n) is 10.8. The van der Waals surface area contributed by atoms with Crippen molar-refractivity contribution in [2.45, 2.75) is 32.1 Å². The van der Waals surface area contributed by atoms with Crippen LogP contribution in [0.1, 0.15) is 42.5 Å². The molecule has 2 aliphatic rings. The normalized spacial score (nSPS) is 19.4. The number of nitrogens with zero attached hydrogens (tertiary/aromatic N) is 2. The number of carbonyl (C=O) groups is 2. The summed E-state index contributed by atoms with van der Waals surface area (Å²) in [4.78, 5) is 29.8. The Morgan fingerprint density at radius 2 is 1.63 bits per heavy atom. The van der Waals surface area contributed by atoms with Gasteiger partial charge in [-0.25, -0.2) is 4.39 Å². The molecule has 5 nitrogen and oxygen atoms in total. The summed E-state index contributed by atoms with van der Waals surface area (Å²) in [5, 5.41) is 3.12. The molecule has 2 fully saturated rings. The van der Waals surface area contributed by atoms with Crippen molar-refractivity contribution >= 4 is 23.2 Å². The van der Waals surface area contributed by atoms with Crippen LogP contribution in [0.15, 0.2) is 48.5 Å². The average Bonchev–Trinajstić information content (AvgIpc) is 2.80. The van der Waals surface area contributed by atoms with Crippen LogP contribution in [0.5, 0.6) is 0 Å². The van der Waals surface area contributed by atoms with E-state index in [0.717, 1.165) is 37.3 Å². The molecular weight excluding hydrogens is 381 g/mol. The van der Waals surface area contributed by atoms with Gasteiger partial charge in [-0.15, -0.1) is 0 Å². The van der Waals surface area contributed by atoms with Crippen molar-refractivity contribution in [2.75, 3.05) is 36.4 Å². The highest BCUT2D eigenvalue weighted by Crippen LogP contribution is 2.29.